The Morgan fingerprint density at radius 3 is 2.18 bits per heavy atom. The van der Waals surface area contributed by atoms with Crippen molar-refractivity contribution in [3.8, 4) is 0 Å². The number of halogens is 1. The SMILES string of the molecule is CC(C)(C)OC(=O)N1C[C@@H](F)C[C@H]1C(=O)N[C@@H]1C[C@H](C(=O)O)N(C(=O)OCC[Si](C)(C)C)C1. The van der Waals surface area contributed by atoms with Crippen molar-refractivity contribution < 1.29 is 38.1 Å². The number of rotatable bonds is 6. The van der Waals surface area contributed by atoms with Crippen LogP contribution in [0.25, 0.3) is 0 Å². The summed E-state index contributed by atoms with van der Waals surface area (Å²) in [7, 11) is -1.43. The standard InChI is InChI=1S/C21H36FN3O7Si/c1-21(2,3)32-20(30)24-11-13(22)9-15(24)17(26)23-14-10-16(18(27)28)25(12-14)19(29)31-7-8-33(4,5)6/h13-16H,7-12H2,1-6H3,(H,23,26)(H,27,28)/t13-,14+,15-,16+/m0/s1. The second-order valence-electron chi connectivity index (χ2n) is 10.9. The summed E-state index contributed by atoms with van der Waals surface area (Å²) in [5.41, 5.74) is -0.803. The van der Waals surface area contributed by atoms with Crippen LogP contribution in [0.3, 0.4) is 0 Å². The van der Waals surface area contributed by atoms with Gasteiger partial charge in [-0.3, -0.25) is 14.6 Å². The van der Waals surface area contributed by atoms with Crippen LogP contribution in [-0.4, -0.2) is 96.6 Å². The highest BCUT2D eigenvalue weighted by atomic mass is 28.3. The molecular formula is C21H36FN3O7Si. The molecule has 0 radical (unpaired) electrons. The lowest BCUT2D eigenvalue weighted by molar-refractivity contribution is -0.141. The van der Waals surface area contributed by atoms with E-state index in [1.807, 2.05) is 0 Å². The molecule has 0 saturated carbocycles. The maximum atomic E-state index is 14.1. The van der Waals surface area contributed by atoms with E-state index < -0.39 is 62.0 Å². The lowest BCUT2D eigenvalue weighted by Gasteiger charge is -2.28. The van der Waals surface area contributed by atoms with Crippen LogP contribution in [0.2, 0.25) is 25.7 Å². The van der Waals surface area contributed by atoms with Crippen molar-refractivity contribution in [2.75, 3.05) is 19.7 Å². The largest absolute Gasteiger partial charge is 0.480 e. The molecule has 33 heavy (non-hydrogen) atoms. The zero-order valence-corrected chi connectivity index (χ0v) is 21.2. The number of carbonyl (C=O) groups is 4. The normalized spacial score (nSPS) is 25.7. The summed E-state index contributed by atoms with van der Waals surface area (Å²) < 4.78 is 24.6. The van der Waals surface area contributed by atoms with E-state index in [1.54, 1.807) is 20.8 Å². The van der Waals surface area contributed by atoms with Gasteiger partial charge in [-0.25, -0.2) is 18.8 Å². The number of carboxylic acid groups (broad SMARTS) is 1. The zero-order chi connectivity index (χ0) is 25.1. The molecule has 0 spiro atoms. The Kier molecular flexibility index (Phi) is 8.36. The van der Waals surface area contributed by atoms with Gasteiger partial charge in [-0.2, -0.15) is 0 Å². The van der Waals surface area contributed by atoms with E-state index in [0.29, 0.717) is 0 Å². The Hall–Kier alpha value is -2.37. The Labute approximate surface area is 194 Å². The van der Waals surface area contributed by atoms with Crippen molar-refractivity contribution in [1.82, 2.24) is 15.1 Å². The fourth-order valence-electron chi connectivity index (χ4n) is 3.76. The van der Waals surface area contributed by atoms with Crippen LogP contribution in [-0.2, 0) is 19.1 Å². The average molecular weight is 490 g/mol. The number of carboxylic acids is 1. The molecule has 2 saturated heterocycles. The van der Waals surface area contributed by atoms with E-state index in [0.717, 1.165) is 15.8 Å². The molecule has 12 heteroatoms. The third-order valence-corrected chi connectivity index (χ3v) is 7.13. The van der Waals surface area contributed by atoms with E-state index in [-0.39, 0.29) is 32.5 Å². The van der Waals surface area contributed by atoms with Crippen molar-refractivity contribution in [2.24, 2.45) is 0 Å². The first-order valence-corrected chi connectivity index (χ1v) is 14.9. The van der Waals surface area contributed by atoms with E-state index in [1.165, 1.54) is 0 Å². The molecule has 0 unspecified atom stereocenters. The van der Waals surface area contributed by atoms with Crippen molar-refractivity contribution in [1.29, 1.82) is 0 Å². The summed E-state index contributed by atoms with van der Waals surface area (Å²) in [5.74, 6) is -1.81. The first-order valence-electron chi connectivity index (χ1n) is 11.2. The Morgan fingerprint density at radius 1 is 1.03 bits per heavy atom. The number of likely N-dealkylation sites (tertiary alicyclic amines) is 2. The van der Waals surface area contributed by atoms with Crippen molar-refractivity contribution in [3.05, 3.63) is 0 Å². The van der Waals surface area contributed by atoms with Crippen LogP contribution in [0.1, 0.15) is 33.6 Å². The number of nitrogens with one attached hydrogen (secondary N) is 1. The minimum atomic E-state index is -1.43. The number of alkyl halides is 1. The monoisotopic (exact) mass is 489 g/mol. The van der Waals surface area contributed by atoms with Gasteiger partial charge in [0.25, 0.3) is 0 Å². The highest BCUT2D eigenvalue weighted by Crippen LogP contribution is 2.25. The highest BCUT2D eigenvalue weighted by molar-refractivity contribution is 6.76. The van der Waals surface area contributed by atoms with E-state index in [4.69, 9.17) is 9.47 Å². The lowest BCUT2D eigenvalue weighted by Crippen LogP contribution is -2.50. The molecular weight excluding hydrogens is 453 g/mol. The van der Waals surface area contributed by atoms with Gasteiger partial charge in [0.15, 0.2) is 0 Å². The van der Waals surface area contributed by atoms with Gasteiger partial charge < -0.3 is 19.9 Å². The number of amides is 3. The fraction of sp³-hybridized carbons (Fsp3) is 0.810. The number of hydrogen-bond acceptors (Lipinski definition) is 6. The van der Waals surface area contributed by atoms with E-state index in [9.17, 15) is 28.7 Å². The van der Waals surface area contributed by atoms with Crippen LogP contribution < -0.4 is 5.32 Å². The summed E-state index contributed by atoms with van der Waals surface area (Å²) in [6.45, 7) is 11.3. The van der Waals surface area contributed by atoms with Crippen LogP contribution in [0.15, 0.2) is 0 Å². The molecule has 0 aromatic carbocycles. The molecule has 0 aromatic rings. The second-order valence-corrected chi connectivity index (χ2v) is 16.5. The Morgan fingerprint density at radius 2 is 1.64 bits per heavy atom. The molecule has 3 amide bonds. The van der Waals surface area contributed by atoms with Gasteiger partial charge in [0, 0.05) is 33.5 Å². The molecule has 2 fully saturated rings. The van der Waals surface area contributed by atoms with Gasteiger partial charge in [0.1, 0.15) is 23.9 Å². The molecule has 2 aliphatic rings. The summed E-state index contributed by atoms with van der Waals surface area (Å²) in [6, 6.07) is -2.14. The van der Waals surface area contributed by atoms with Gasteiger partial charge in [-0.15, -0.1) is 0 Å². The average Bonchev–Trinajstić information content (AvgIpc) is 3.23. The smallest absolute Gasteiger partial charge is 0.411 e. The van der Waals surface area contributed by atoms with Crippen molar-refractivity contribution in [2.45, 2.75) is 89.2 Å². The molecule has 4 atom stereocenters. The highest BCUT2D eigenvalue weighted by Gasteiger charge is 2.45. The van der Waals surface area contributed by atoms with Gasteiger partial charge >= 0.3 is 18.2 Å². The second kappa shape index (κ2) is 10.3. The fourth-order valence-corrected chi connectivity index (χ4v) is 4.47. The van der Waals surface area contributed by atoms with Gasteiger partial charge in [-0.1, -0.05) is 19.6 Å². The maximum Gasteiger partial charge on any atom is 0.411 e. The molecule has 0 aromatic heterocycles. The zero-order valence-electron chi connectivity index (χ0n) is 20.2. The predicted molar refractivity (Wildman–Crippen MR) is 120 cm³/mol. The van der Waals surface area contributed by atoms with Gasteiger partial charge in [0.05, 0.1) is 13.2 Å². The van der Waals surface area contributed by atoms with Crippen molar-refractivity contribution in [3.63, 3.8) is 0 Å². The molecule has 2 rings (SSSR count). The van der Waals surface area contributed by atoms with Crippen LogP contribution in [0, 0.1) is 0 Å². The van der Waals surface area contributed by atoms with Crippen LogP contribution >= 0.6 is 0 Å². The third-order valence-electron chi connectivity index (χ3n) is 5.43. The quantitative estimate of drug-likeness (QED) is 0.549. The maximum absolute atomic E-state index is 14.1. The topological polar surface area (TPSA) is 125 Å². The molecule has 0 aliphatic carbocycles. The van der Waals surface area contributed by atoms with E-state index in [2.05, 4.69) is 25.0 Å². The number of carbonyl (C=O) groups excluding carboxylic acids is 3. The van der Waals surface area contributed by atoms with Gasteiger partial charge in [-0.05, 0) is 26.8 Å². The number of ether oxygens (including phenoxy) is 2. The van der Waals surface area contributed by atoms with Crippen LogP contribution in [0.4, 0.5) is 14.0 Å². The Bertz CT molecular complexity index is 768. The molecule has 2 heterocycles. The van der Waals surface area contributed by atoms with Crippen LogP contribution in [0.5, 0.6) is 0 Å². The first kappa shape index (κ1) is 26.9. The summed E-state index contributed by atoms with van der Waals surface area (Å²) in [6.07, 6.45) is -3.09. The molecule has 2 N–H and O–H groups in total. The molecule has 2 aliphatic heterocycles. The van der Waals surface area contributed by atoms with Crippen molar-refractivity contribution >= 4 is 32.1 Å². The third kappa shape index (κ3) is 7.86. The Balaban J connectivity index is 2.01. The summed E-state index contributed by atoms with van der Waals surface area (Å²) in [4.78, 5) is 51.6. The summed E-state index contributed by atoms with van der Waals surface area (Å²) >= 11 is 0. The van der Waals surface area contributed by atoms with Gasteiger partial charge in [0.2, 0.25) is 5.91 Å². The predicted octanol–water partition coefficient (Wildman–Crippen LogP) is 2.45. The minimum absolute atomic E-state index is 0.0115. The number of nitrogens with zero attached hydrogens (tertiary/aromatic N) is 2. The minimum Gasteiger partial charge on any atom is -0.480 e. The lowest BCUT2D eigenvalue weighted by atomic mass is 10.1. The summed E-state index contributed by atoms with van der Waals surface area (Å²) in [5, 5.41) is 12.2. The molecule has 10 nitrogen and oxygen atoms in total. The number of hydrogen-bond donors (Lipinski definition) is 2. The number of aliphatic carboxylic acids is 1. The molecule has 188 valence electrons. The molecule has 0 bridgehead atoms. The first-order chi connectivity index (χ1) is 15.1. The van der Waals surface area contributed by atoms with E-state index >= 15 is 0 Å².